The average Bonchev–Trinajstić information content (AvgIpc) is 3.35. The number of hydrogen-bond acceptors (Lipinski definition) is 4. The van der Waals surface area contributed by atoms with Crippen LogP contribution in [0.5, 0.6) is 5.75 Å². The normalized spacial score (nSPS) is 11.9. The fourth-order valence-electron chi connectivity index (χ4n) is 3.99. The van der Waals surface area contributed by atoms with Crippen LogP contribution in [0.25, 0.3) is 21.7 Å². The Morgan fingerprint density at radius 1 is 0.925 bits per heavy atom. The highest BCUT2D eigenvalue weighted by Gasteiger charge is 2.37. The predicted octanol–water partition coefficient (Wildman–Crippen LogP) is 7.88. The van der Waals surface area contributed by atoms with Crippen molar-refractivity contribution in [2.45, 2.75) is 25.8 Å². The van der Waals surface area contributed by atoms with Crippen molar-refractivity contribution in [2.24, 2.45) is 0 Å². The molecule has 0 aliphatic heterocycles. The molecule has 40 heavy (non-hydrogen) atoms. The fraction of sp³-hybridized carbons (Fsp3) is 0.185. The van der Waals surface area contributed by atoms with Crippen molar-refractivity contribution in [3.8, 4) is 33.5 Å². The van der Waals surface area contributed by atoms with E-state index in [0.717, 1.165) is 40.2 Å². The van der Waals surface area contributed by atoms with Crippen LogP contribution in [0, 0.1) is 23.0 Å². The fourth-order valence-corrected chi connectivity index (χ4v) is 4.94. The molecule has 0 N–H and O–H groups in total. The van der Waals surface area contributed by atoms with E-state index < -0.39 is 58.5 Å². The molecule has 4 rings (SSSR count). The molecule has 2 aromatic carbocycles. The van der Waals surface area contributed by atoms with Gasteiger partial charge in [-0.05, 0) is 53.8 Å². The van der Waals surface area contributed by atoms with Gasteiger partial charge in [0.2, 0.25) is 0 Å². The van der Waals surface area contributed by atoms with E-state index in [1.165, 1.54) is 30.5 Å². The molecular weight excluding hydrogens is 568 g/mol. The van der Waals surface area contributed by atoms with Gasteiger partial charge in [-0.25, -0.2) is 8.78 Å². The highest BCUT2D eigenvalue weighted by Crippen LogP contribution is 2.41. The molecule has 4 nitrogen and oxygen atoms in total. The summed E-state index contributed by atoms with van der Waals surface area (Å²) in [4.78, 5) is 13.1. The first-order chi connectivity index (χ1) is 18.7. The Hall–Kier alpha value is -4.18. The summed E-state index contributed by atoms with van der Waals surface area (Å²) in [6, 6.07) is 8.79. The van der Waals surface area contributed by atoms with Crippen LogP contribution in [-0.4, -0.2) is 11.2 Å². The van der Waals surface area contributed by atoms with E-state index >= 15 is 0 Å². The summed E-state index contributed by atoms with van der Waals surface area (Å²) in [7, 11) is 0. The lowest BCUT2D eigenvalue weighted by atomic mass is 10.0. The zero-order valence-corrected chi connectivity index (χ0v) is 21.1. The molecule has 2 heterocycles. The lowest BCUT2D eigenvalue weighted by Gasteiger charge is -2.17. The number of hydrogen-bond donors (Lipinski definition) is 0. The van der Waals surface area contributed by atoms with Crippen molar-refractivity contribution in [2.75, 3.05) is 6.61 Å². The number of alkyl halides is 6. The van der Waals surface area contributed by atoms with Crippen molar-refractivity contribution in [3.05, 3.63) is 98.2 Å². The zero-order valence-electron chi connectivity index (χ0n) is 20.3. The van der Waals surface area contributed by atoms with Crippen LogP contribution in [-0.2, 0) is 18.9 Å². The summed E-state index contributed by atoms with van der Waals surface area (Å²) in [5.41, 5.74) is -5.52. The van der Waals surface area contributed by atoms with Gasteiger partial charge in [0.05, 0.1) is 34.8 Å². The minimum atomic E-state index is -5.10. The van der Waals surface area contributed by atoms with E-state index in [9.17, 15) is 45.2 Å². The molecule has 0 atom stereocenters. The maximum absolute atomic E-state index is 14.4. The minimum Gasteiger partial charge on any atom is -0.493 e. The first-order valence-corrected chi connectivity index (χ1v) is 12.2. The largest absolute Gasteiger partial charge is 0.493 e. The summed E-state index contributed by atoms with van der Waals surface area (Å²) in [5.74, 6) is -2.39. The van der Waals surface area contributed by atoms with E-state index in [1.54, 1.807) is 0 Å². The third kappa shape index (κ3) is 5.72. The Balaban J connectivity index is 1.91. The molecule has 0 amide bonds. The number of halogens is 8. The van der Waals surface area contributed by atoms with Crippen LogP contribution in [0.2, 0.25) is 0 Å². The smallest absolute Gasteiger partial charge is 0.419 e. The maximum Gasteiger partial charge on any atom is 0.419 e. The van der Waals surface area contributed by atoms with Crippen molar-refractivity contribution >= 4 is 11.3 Å². The quantitative estimate of drug-likeness (QED) is 0.217. The van der Waals surface area contributed by atoms with Crippen LogP contribution in [0.1, 0.15) is 29.2 Å². The zero-order chi connectivity index (χ0) is 29.4. The third-order valence-electron chi connectivity index (χ3n) is 5.83. The summed E-state index contributed by atoms with van der Waals surface area (Å²) in [6.45, 7) is 0.850. The number of nitrogens with zero attached hydrogens (tertiary/aromatic N) is 2. The first-order valence-electron chi connectivity index (χ1n) is 11.4. The van der Waals surface area contributed by atoms with Crippen molar-refractivity contribution < 1.29 is 39.9 Å². The van der Waals surface area contributed by atoms with Crippen LogP contribution in [0.4, 0.5) is 35.1 Å². The van der Waals surface area contributed by atoms with Gasteiger partial charge in [0, 0.05) is 11.6 Å². The Morgan fingerprint density at radius 2 is 1.62 bits per heavy atom. The van der Waals surface area contributed by atoms with Crippen LogP contribution < -0.4 is 10.3 Å². The highest BCUT2D eigenvalue weighted by atomic mass is 32.1. The molecule has 0 aliphatic rings. The maximum atomic E-state index is 14.4. The molecule has 0 saturated carbocycles. The van der Waals surface area contributed by atoms with Crippen LogP contribution in [0.15, 0.2) is 58.7 Å². The van der Waals surface area contributed by atoms with Crippen molar-refractivity contribution in [1.82, 2.24) is 4.57 Å². The Kier molecular flexibility index (Phi) is 7.76. The van der Waals surface area contributed by atoms with Crippen molar-refractivity contribution in [3.63, 3.8) is 0 Å². The van der Waals surface area contributed by atoms with E-state index in [0.29, 0.717) is 12.1 Å². The standard InChI is InChI=1S/C27H16F8N2O2S/c1-2-39-23-6-4-14(7-20(23)27(33,34)35)16-8-24(40-13-16)22-10-19(26(30,31)32)18(11-36)25(38)37(22)12-15-3-5-17(28)9-21(15)29/h3-10,13H,2,12H2,1H3. The number of thiophene rings is 1. The van der Waals surface area contributed by atoms with Gasteiger partial charge in [0.15, 0.2) is 0 Å². The second-order valence-corrected chi connectivity index (χ2v) is 9.31. The van der Waals surface area contributed by atoms with Gasteiger partial charge in [0.1, 0.15) is 29.0 Å². The lowest BCUT2D eigenvalue weighted by Crippen LogP contribution is -2.28. The Labute approximate surface area is 225 Å². The minimum absolute atomic E-state index is 0.0164. The van der Waals surface area contributed by atoms with Gasteiger partial charge in [-0.15, -0.1) is 11.3 Å². The number of nitriles is 1. The number of benzene rings is 2. The molecule has 0 aliphatic carbocycles. The Bertz CT molecular complexity index is 1680. The number of pyridine rings is 1. The van der Waals surface area contributed by atoms with E-state index in [2.05, 4.69) is 0 Å². The average molecular weight is 584 g/mol. The van der Waals surface area contributed by atoms with Gasteiger partial charge < -0.3 is 9.30 Å². The number of ether oxygens (including phenoxy) is 1. The van der Waals surface area contributed by atoms with Gasteiger partial charge >= 0.3 is 12.4 Å². The summed E-state index contributed by atoms with van der Waals surface area (Å²) < 4.78 is 116. The molecule has 0 radical (unpaired) electrons. The Morgan fingerprint density at radius 3 is 2.23 bits per heavy atom. The monoisotopic (exact) mass is 584 g/mol. The number of rotatable bonds is 6. The summed E-state index contributed by atoms with van der Waals surface area (Å²) in [5, 5.41) is 10.7. The van der Waals surface area contributed by atoms with E-state index in [-0.39, 0.29) is 33.9 Å². The highest BCUT2D eigenvalue weighted by molar-refractivity contribution is 7.14. The third-order valence-corrected chi connectivity index (χ3v) is 6.78. The molecule has 0 spiro atoms. The molecule has 13 heteroatoms. The predicted molar refractivity (Wildman–Crippen MR) is 131 cm³/mol. The van der Waals surface area contributed by atoms with Gasteiger partial charge in [-0.3, -0.25) is 4.79 Å². The first kappa shape index (κ1) is 28.8. The van der Waals surface area contributed by atoms with E-state index in [4.69, 9.17) is 4.74 Å². The van der Waals surface area contributed by atoms with Crippen LogP contribution >= 0.6 is 11.3 Å². The SMILES string of the molecule is CCOc1ccc(-c2csc(-c3cc(C(F)(F)F)c(C#N)c(=O)n3Cc3ccc(F)cc3F)c2)cc1C(F)(F)F. The second kappa shape index (κ2) is 10.8. The lowest BCUT2D eigenvalue weighted by molar-refractivity contribution is -0.139. The van der Waals surface area contributed by atoms with E-state index in [1.807, 2.05) is 0 Å². The molecule has 0 bridgehead atoms. The van der Waals surface area contributed by atoms with Gasteiger partial charge in [-0.2, -0.15) is 31.6 Å². The topological polar surface area (TPSA) is 55.0 Å². The van der Waals surface area contributed by atoms with Gasteiger partial charge in [-0.1, -0.05) is 12.1 Å². The summed E-state index contributed by atoms with van der Waals surface area (Å²) in [6.07, 6.45) is -9.86. The van der Waals surface area contributed by atoms with Crippen LogP contribution in [0.3, 0.4) is 0 Å². The molecule has 0 unspecified atom stereocenters. The molecular formula is C27H16F8N2O2S. The molecule has 208 valence electrons. The summed E-state index contributed by atoms with van der Waals surface area (Å²) >= 11 is 0.822. The molecule has 0 fully saturated rings. The number of aromatic nitrogens is 1. The second-order valence-electron chi connectivity index (χ2n) is 8.40. The molecule has 4 aromatic rings. The molecule has 2 aromatic heterocycles. The molecule has 0 saturated heterocycles. The van der Waals surface area contributed by atoms with Crippen molar-refractivity contribution in [1.29, 1.82) is 5.26 Å². The van der Waals surface area contributed by atoms with Gasteiger partial charge in [0.25, 0.3) is 5.56 Å².